The predicted octanol–water partition coefficient (Wildman–Crippen LogP) is 2.81. The fraction of sp³-hybridized carbons (Fsp3) is 0.222. The number of alkyl halides is 1. The maximum atomic E-state index is 11.5. The number of hydrogen-bond acceptors (Lipinski definition) is 2. The Hall–Kier alpha value is -0.290. The molecule has 4 heteroatoms. The van der Waals surface area contributed by atoms with E-state index >= 15 is 0 Å². The zero-order valence-corrected chi connectivity index (χ0v) is 9.83. The van der Waals surface area contributed by atoms with Crippen LogP contribution in [-0.4, -0.2) is 16.3 Å². The molecule has 70 valence electrons. The van der Waals surface area contributed by atoms with Gasteiger partial charge < -0.3 is 5.11 Å². The molecule has 0 aliphatic rings. The molecule has 1 aromatic rings. The molecule has 0 bridgehead atoms. The van der Waals surface area contributed by atoms with Crippen molar-refractivity contribution in [3.05, 3.63) is 27.3 Å². The van der Waals surface area contributed by atoms with E-state index in [-0.39, 0.29) is 11.5 Å². The molecule has 0 spiro atoms. The summed E-state index contributed by atoms with van der Waals surface area (Å²) in [5.41, 5.74) is 0.311. The molecule has 0 aromatic heterocycles. The molecule has 1 atom stereocenters. The van der Waals surface area contributed by atoms with Crippen molar-refractivity contribution >= 4 is 40.0 Å². The lowest BCUT2D eigenvalue weighted by atomic mass is 10.1. The molecular weight excluding hydrogens is 302 g/mol. The van der Waals surface area contributed by atoms with Crippen LogP contribution < -0.4 is 0 Å². The molecule has 2 nitrogen and oxygen atoms in total. The largest absolute Gasteiger partial charge is 0.507 e. The molecule has 1 aromatic carbocycles. The third kappa shape index (κ3) is 2.34. The zero-order chi connectivity index (χ0) is 10.0. The first-order valence-electron chi connectivity index (χ1n) is 3.69. The molecule has 0 aliphatic heterocycles. The number of ketones is 1. The lowest BCUT2D eigenvalue weighted by Crippen LogP contribution is -2.12. The van der Waals surface area contributed by atoms with Gasteiger partial charge in [0.25, 0.3) is 0 Å². The minimum atomic E-state index is -0.609. The summed E-state index contributed by atoms with van der Waals surface area (Å²) in [6.45, 7) is 1.59. The second kappa shape index (κ2) is 4.28. The van der Waals surface area contributed by atoms with Gasteiger partial charge in [-0.1, -0.05) is 6.07 Å². The third-order valence-corrected chi connectivity index (χ3v) is 2.70. The molecule has 0 radical (unpaired) electrons. The van der Waals surface area contributed by atoms with E-state index in [4.69, 9.17) is 11.6 Å². The molecule has 1 unspecified atom stereocenters. The van der Waals surface area contributed by atoms with Crippen molar-refractivity contribution in [1.82, 2.24) is 0 Å². The molecule has 0 aliphatic carbocycles. The van der Waals surface area contributed by atoms with E-state index in [9.17, 15) is 9.90 Å². The van der Waals surface area contributed by atoms with Crippen LogP contribution in [0.2, 0.25) is 0 Å². The Morgan fingerprint density at radius 2 is 2.23 bits per heavy atom. The van der Waals surface area contributed by atoms with E-state index in [1.165, 1.54) is 6.07 Å². The van der Waals surface area contributed by atoms with Gasteiger partial charge in [-0.2, -0.15) is 0 Å². The van der Waals surface area contributed by atoms with Crippen LogP contribution in [0.1, 0.15) is 17.3 Å². The lowest BCUT2D eigenvalue weighted by molar-refractivity contribution is 0.0988. The lowest BCUT2D eigenvalue weighted by Gasteiger charge is -2.06. The minimum Gasteiger partial charge on any atom is -0.507 e. The van der Waals surface area contributed by atoms with Crippen molar-refractivity contribution in [2.45, 2.75) is 12.3 Å². The molecule has 0 amide bonds. The number of halogens is 2. The predicted molar refractivity (Wildman–Crippen MR) is 60.5 cm³/mol. The van der Waals surface area contributed by atoms with Gasteiger partial charge in [0.2, 0.25) is 0 Å². The Labute approximate surface area is 95.0 Å². The Morgan fingerprint density at radius 3 is 2.69 bits per heavy atom. The fourth-order valence-corrected chi connectivity index (χ4v) is 1.81. The average Bonchev–Trinajstić information content (AvgIpc) is 2.03. The van der Waals surface area contributed by atoms with E-state index < -0.39 is 5.38 Å². The number of carbonyl (C=O) groups excluding carboxylic acids is 1. The van der Waals surface area contributed by atoms with Crippen LogP contribution >= 0.6 is 34.2 Å². The van der Waals surface area contributed by atoms with Crippen LogP contribution in [0.25, 0.3) is 0 Å². The topological polar surface area (TPSA) is 37.3 Å². The normalized spacial score (nSPS) is 12.5. The van der Waals surface area contributed by atoms with Crippen molar-refractivity contribution in [1.29, 1.82) is 0 Å². The molecule has 0 fully saturated rings. The van der Waals surface area contributed by atoms with Gasteiger partial charge in [0.05, 0.1) is 10.9 Å². The quantitative estimate of drug-likeness (QED) is 0.518. The van der Waals surface area contributed by atoms with Crippen molar-refractivity contribution < 1.29 is 9.90 Å². The monoisotopic (exact) mass is 310 g/mol. The summed E-state index contributed by atoms with van der Waals surface area (Å²) in [6, 6.07) is 4.92. The highest BCUT2D eigenvalue weighted by Crippen LogP contribution is 2.24. The van der Waals surface area contributed by atoms with Crippen molar-refractivity contribution in [2.24, 2.45) is 0 Å². The third-order valence-electron chi connectivity index (χ3n) is 1.60. The molecule has 0 saturated heterocycles. The van der Waals surface area contributed by atoms with E-state index in [2.05, 4.69) is 0 Å². The number of carbonyl (C=O) groups is 1. The number of phenolic OH excluding ortho intramolecular Hbond substituents is 1. The number of phenols is 1. The van der Waals surface area contributed by atoms with Gasteiger partial charge in [0.1, 0.15) is 5.75 Å². The summed E-state index contributed by atoms with van der Waals surface area (Å²) in [7, 11) is 0. The van der Waals surface area contributed by atoms with Crippen molar-refractivity contribution in [2.75, 3.05) is 0 Å². The maximum Gasteiger partial charge on any atom is 0.185 e. The first-order chi connectivity index (χ1) is 6.04. The summed E-state index contributed by atoms with van der Waals surface area (Å²) < 4.78 is 0.718. The maximum absolute atomic E-state index is 11.5. The summed E-state index contributed by atoms with van der Waals surface area (Å²) in [5.74, 6) is -0.256. The van der Waals surface area contributed by atoms with E-state index in [1.54, 1.807) is 19.1 Å². The van der Waals surface area contributed by atoms with E-state index in [0.717, 1.165) is 3.57 Å². The van der Waals surface area contributed by atoms with Crippen LogP contribution in [0.15, 0.2) is 18.2 Å². The first kappa shape index (κ1) is 10.8. The number of aromatic hydroxyl groups is 1. The number of Topliss-reactive ketones (excluding diaryl/α,β-unsaturated/α-hetero) is 1. The fourth-order valence-electron chi connectivity index (χ4n) is 0.956. The minimum absolute atomic E-state index is 0.00981. The second-order valence-electron chi connectivity index (χ2n) is 2.61. The standard InChI is InChI=1S/C9H8ClIO2/c1-5(10)9(13)8-6(11)3-2-4-7(8)12/h2-5,12H,1H3. The highest BCUT2D eigenvalue weighted by molar-refractivity contribution is 14.1. The van der Waals surface area contributed by atoms with Crippen LogP contribution in [0.4, 0.5) is 0 Å². The molecule has 13 heavy (non-hydrogen) atoms. The molecule has 0 heterocycles. The van der Waals surface area contributed by atoms with Gasteiger partial charge in [0, 0.05) is 3.57 Å². The van der Waals surface area contributed by atoms with Gasteiger partial charge in [-0.3, -0.25) is 4.79 Å². The molecule has 1 N–H and O–H groups in total. The Morgan fingerprint density at radius 1 is 1.62 bits per heavy atom. The van der Waals surface area contributed by atoms with Gasteiger partial charge in [-0.05, 0) is 41.6 Å². The van der Waals surface area contributed by atoms with E-state index in [1.807, 2.05) is 22.6 Å². The number of hydrogen-bond donors (Lipinski definition) is 1. The first-order valence-corrected chi connectivity index (χ1v) is 5.21. The van der Waals surface area contributed by atoms with Crippen LogP contribution in [0.3, 0.4) is 0 Å². The number of benzene rings is 1. The second-order valence-corrected chi connectivity index (χ2v) is 4.43. The van der Waals surface area contributed by atoms with Gasteiger partial charge in [0.15, 0.2) is 5.78 Å². The highest BCUT2D eigenvalue weighted by atomic mass is 127. The molecule has 0 saturated carbocycles. The summed E-state index contributed by atoms with van der Waals surface area (Å²) in [5, 5.41) is 8.82. The van der Waals surface area contributed by atoms with Crippen LogP contribution in [0.5, 0.6) is 5.75 Å². The van der Waals surface area contributed by atoms with Crippen molar-refractivity contribution in [3.63, 3.8) is 0 Å². The molecule has 1 rings (SSSR count). The summed E-state index contributed by atoms with van der Waals surface area (Å²) in [6.07, 6.45) is 0. The van der Waals surface area contributed by atoms with E-state index in [0.29, 0.717) is 5.56 Å². The Balaban J connectivity index is 3.20. The number of rotatable bonds is 2. The van der Waals surface area contributed by atoms with Crippen LogP contribution in [0, 0.1) is 3.57 Å². The smallest absolute Gasteiger partial charge is 0.185 e. The van der Waals surface area contributed by atoms with Gasteiger partial charge in [-0.25, -0.2) is 0 Å². The van der Waals surface area contributed by atoms with Gasteiger partial charge in [-0.15, -0.1) is 11.6 Å². The Bertz CT molecular complexity index is 316. The highest BCUT2D eigenvalue weighted by Gasteiger charge is 2.18. The SMILES string of the molecule is CC(Cl)C(=O)c1c(O)cccc1I. The molecular formula is C9H8ClIO2. The van der Waals surface area contributed by atoms with Gasteiger partial charge >= 0.3 is 0 Å². The zero-order valence-electron chi connectivity index (χ0n) is 6.92. The summed E-state index contributed by atoms with van der Waals surface area (Å²) >= 11 is 7.64. The van der Waals surface area contributed by atoms with Crippen molar-refractivity contribution in [3.8, 4) is 5.75 Å². The summed E-state index contributed by atoms with van der Waals surface area (Å²) in [4.78, 5) is 11.5. The van der Waals surface area contributed by atoms with Crippen LogP contribution in [-0.2, 0) is 0 Å². The Kier molecular flexibility index (Phi) is 3.55. The average molecular weight is 311 g/mol.